The normalized spacial score (nSPS) is 12.8. The van der Waals surface area contributed by atoms with E-state index in [0.717, 1.165) is 22.6 Å². The molecule has 3 rings (SSSR count). The predicted molar refractivity (Wildman–Crippen MR) is 102 cm³/mol. The Morgan fingerprint density at radius 2 is 2.04 bits per heavy atom. The van der Waals surface area contributed by atoms with E-state index in [0.29, 0.717) is 30.5 Å². The van der Waals surface area contributed by atoms with Crippen LogP contribution in [0.25, 0.3) is 0 Å². The molecule has 0 fully saturated rings. The van der Waals surface area contributed by atoms with Crippen molar-refractivity contribution in [2.45, 2.75) is 5.75 Å². The molecule has 6 nitrogen and oxygen atoms in total. The second kappa shape index (κ2) is 9.15. The zero-order valence-electron chi connectivity index (χ0n) is 14.4. The lowest BCUT2D eigenvalue weighted by Gasteiger charge is -2.19. The number of nitrogens with one attached hydrogen (secondary N) is 1. The summed E-state index contributed by atoms with van der Waals surface area (Å²) >= 11 is 1.53. The number of hydrogen-bond donors (Lipinski definition) is 1. The quantitative estimate of drug-likeness (QED) is 0.598. The Labute approximate surface area is 156 Å². The number of ether oxygens (including phenoxy) is 3. The van der Waals surface area contributed by atoms with Gasteiger partial charge in [0.05, 0.1) is 19.1 Å². The van der Waals surface area contributed by atoms with Gasteiger partial charge < -0.3 is 14.2 Å². The highest BCUT2D eigenvalue weighted by molar-refractivity contribution is 7.99. The summed E-state index contributed by atoms with van der Waals surface area (Å²) in [6, 6.07) is 13.4. The van der Waals surface area contributed by atoms with Crippen molar-refractivity contribution in [1.29, 1.82) is 0 Å². The van der Waals surface area contributed by atoms with Gasteiger partial charge in [0, 0.05) is 11.3 Å². The molecule has 0 saturated heterocycles. The summed E-state index contributed by atoms with van der Waals surface area (Å²) in [6.45, 7) is 1.04. The molecule has 0 saturated carbocycles. The molecular formula is C19H20N2O4S. The molecule has 7 heteroatoms. The largest absolute Gasteiger partial charge is 0.497 e. The van der Waals surface area contributed by atoms with Gasteiger partial charge in [-0.15, -0.1) is 11.8 Å². The average molecular weight is 372 g/mol. The average Bonchev–Trinajstić information content (AvgIpc) is 2.69. The summed E-state index contributed by atoms with van der Waals surface area (Å²) in [5, 5.41) is 4.01. The van der Waals surface area contributed by atoms with E-state index in [1.807, 2.05) is 42.5 Å². The molecule has 0 aliphatic carbocycles. The lowest BCUT2D eigenvalue weighted by Crippen LogP contribution is -2.20. The van der Waals surface area contributed by atoms with Gasteiger partial charge in [-0.3, -0.25) is 4.79 Å². The van der Waals surface area contributed by atoms with E-state index in [4.69, 9.17) is 14.2 Å². The van der Waals surface area contributed by atoms with E-state index in [9.17, 15) is 4.79 Å². The standard InChI is InChI=1S/C19H20N2O4S/c1-23-16-7-5-14(6-8-16)12-26-13-18(22)21-20-11-15-3-2-4-17-19(15)25-10-9-24-17/h2-8,11H,9-10,12-13H2,1H3,(H,21,22)/b20-11-. The van der Waals surface area contributed by atoms with Gasteiger partial charge in [-0.2, -0.15) is 5.10 Å². The molecule has 1 heterocycles. The van der Waals surface area contributed by atoms with E-state index >= 15 is 0 Å². The van der Waals surface area contributed by atoms with E-state index < -0.39 is 0 Å². The minimum atomic E-state index is -0.151. The lowest BCUT2D eigenvalue weighted by atomic mass is 10.2. The smallest absolute Gasteiger partial charge is 0.250 e. The minimum absolute atomic E-state index is 0.151. The fourth-order valence-corrected chi connectivity index (χ4v) is 3.17. The molecule has 1 amide bonds. The van der Waals surface area contributed by atoms with Gasteiger partial charge in [0.1, 0.15) is 19.0 Å². The number of carbonyl (C=O) groups is 1. The maximum absolute atomic E-state index is 11.9. The maximum atomic E-state index is 11.9. The molecule has 26 heavy (non-hydrogen) atoms. The van der Waals surface area contributed by atoms with Gasteiger partial charge in [0.15, 0.2) is 11.5 Å². The third kappa shape index (κ3) is 4.92. The predicted octanol–water partition coefficient (Wildman–Crippen LogP) is 2.85. The van der Waals surface area contributed by atoms with Crippen molar-refractivity contribution in [3.8, 4) is 17.2 Å². The SMILES string of the molecule is COc1ccc(CSCC(=O)N/N=C\c2cccc3c2OCCO3)cc1. The second-order valence-corrected chi connectivity index (χ2v) is 6.49. The van der Waals surface area contributed by atoms with E-state index in [1.165, 1.54) is 11.8 Å². The molecular weight excluding hydrogens is 352 g/mol. The summed E-state index contributed by atoms with van der Waals surface area (Å²) in [5.74, 6) is 3.10. The lowest BCUT2D eigenvalue weighted by molar-refractivity contribution is -0.118. The summed E-state index contributed by atoms with van der Waals surface area (Å²) in [7, 11) is 1.64. The summed E-state index contributed by atoms with van der Waals surface area (Å²) < 4.78 is 16.2. The molecule has 1 aliphatic rings. The van der Waals surface area contributed by atoms with Crippen LogP contribution in [0.4, 0.5) is 0 Å². The summed E-state index contributed by atoms with van der Waals surface area (Å²) in [6.07, 6.45) is 1.57. The third-order valence-corrected chi connectivity index (χ3v) is 4.65. The number of rotatable bonds is 7. The minimum Gasteiger partial charge on any atom is -0.497 e. The number of hydrogen-bond acceptors (Lipinski definition) is 6. The Balaban J connectivity index is 1.44. The number of fused-ring (bicyclic) bond motifs is 1. The Kier molecular flexibility index (Phi) is 6.38. The van der Waals surface area contributed by atoms with Crippen molar-refractivity contribution >= 4 is 23.9 Å². The molecule has 0 unspecified atom stereocenters. The van der Waals surface area contributed by atoms with Gasteiger partial charge >= 0.3 is 0 Å². The van der Waals surface area contributed by atoms with Crippen molar-refractivity contribution in [1.82, 2.24) is 5.43 Å². The van der Waals surface area contributed by atoms with Gasteiger partial charge in [-0.25, -0.2) is 5.43 Å². The van der Waals surface area contributed by atoms with Gasteiger partial charge in [0.2, 0.25) is 5.91 Å². The number of thioether (sulfide) groups is 1. The Hall–Kier alpha value is -2.67. The van der Waals surface area contributed by atoms with Crippen LogP contribution in [0.2, 0.25) is 0 Å². The van der Waals surface area contributed by atoms with Crippen LogP contribution >= 0.6 is 11.8 Å². The molecule has 2 aromatic rings. The molecule has 0 bridgehead atoms. The summed E-state index contributed by atoms with van der Waals surface area (Å²) in [5.41, 5.74) is 4.45. The molecule has 1 aliphatic heterocycles. The van der Waals surface area contributed by atoms with Crippen LogP contribution < -0.4 is 19.6 Å². The van der Waals surface area contributed by atoms with Crippen molar-refractivity contribution in [2.24, 2.45) is 5.10 Å². The highest BCUT2D eigenvalue weighted by Gasteiger charge is 2.14. The molecule has 2 aromatic carbocycles. The molecule has 1 N–H and O–H groups in total. The highest BCUT2D eigenvalue weighted by Crippen LogP contribution is 2.32. The van der Waals surface area contributed by atoms with E-state index in [2.05, 4.69) is 10.5 Å². The highest BCUT2D eigenvalue weighted by atomic mass is 32.2. The first-order valence-corrected chi connectivity index (χ1v) is 9.33. The Bertz CT molecular complexity index is 778. The monoisotopic (exact) mass is 372 g/mol. The van der Waals surface area contributed by atoms with Gasteiger partial charge in [-0.1, -0.05) is 18.2 Å². The second-order valence-electron chi connectivity index (χ2n) is 5.51. The molecule has 0 radical (unpaired) electrons. The van der Waals surface area contributed by atoms with Crippen LogP contribution in [-0.2, 0) is 10.5 Å². The van der Waals surface area contributed by atoms with Gasteiger partial charge in [-0.05, 0) is 29.8 Å². The van der Waals surface area contributed by atoms with Crippen LogP contribution in [0, 0.1) is 0 Å². The number of hydrazone groups is 1. The number of methoxy groups -OCH3 is 1. The van der Waals surface area contributed by atoms with Crippen LogP contribution in [0.3, 0.4) is 0 Å². The van der Waals surface area contributed by atoms with Crippen LogP contribution in [0.5, 0.6) is 17.2 Å². The number of carbonyl (C=O) groups excluding carboxylic acids is 1. The third-order valence-electron chi connectivity index (χ3n) is 3.65. The van der Waals surface area contributed by atoms with Crippen LogP contribution in [0.15, 0.2) is 47.6 Å². The Morgan fingerprint density at radius 3 is 2.85 bits per heavy atom. The molecule has 0 spiro atoms. The zero-order valence-corrected chi connectivity index (χ0v) is 15.3. The van der Waals surface area contributed by atoms with Crippen LogP contribution in [0.1, 0.15) is 11.1 Å². The molecule has 0 atom stereocenters. The first-order chi connectivity index (χ1) is 12.8. The zero-order chi connectivity index (χ0) is 18.2. The van der Waals surface area contributed by atoms with E-state index in [-0.39, 0.29) is 5.91 Å². The fraction of sp³-hybridized carbons (Fsp3) is 0.263. The first-order valence-electron chi connectivity index (χ1n) is 8.17. The van der Waals surface area contributed by atoms with Gasteiger partial charge in [0.25, 0.3) is 0 Å². The number of para-hydroxylation sites is 1. The number of amides is 1. The number of benzene rings is 2. The van der Waals surface area contributed by atoms with Crippen molar-refractivity contribution in [3.05, 3.63) is 53.6 Å². The number of nitrogens with zero attached hydrogens (tertiary/aromatic N) is 1. The molecule has 136 valence electrons. The van der Waals surface area contributed by atoms with Crippen LogP contribution in [-0.4, -0.2) is 38.2 Å². The van der Waals surface area contributed by atoms with Crippen molar-refractivity contribution in [3.63, 3.8) is 0 Å². The van der Waals surface area contributed by atoms with Crippen molar-refractivity contribution in [2.75, 3.05) is 26.1 Å². The van der Waals surface area contributed by atoms with E-state index in [1.54, 1.807) is 13.3 Å². The fourth-order valence-electron chi connectivity index (χ4n) is 2.39. The Morgan fingerprint density at radius 1 is 1.23 bits per heavy atom. The maximum Gasteiger partial charge on any atom is 0.250 e. The summed E-state index contributed by atoms with van der Waals surface area (Å²) in [4.78, 5) is 11.9. The van der Waals surface area contributed by atoms with Crippen molar-refractivity contribution < 1.29 is 19.0 Å². The molecule has 0 aromatic heterocycles. The topological polar surface area (TPSA) is 69.2 Å². The first kappa shape index (κ1) is 18.1.